The minimum atomic E-state index is 0.465. The van der Waals surface area contributed by atoms with Crippen LogP contribution in [0.25, 0.3) is 0 Å². The van der Waals surface area contributed by atoms with Gasteiger partial charge in [-0.2, -0.15) is 0 Å². The molecule has 2 aliphatic carbocycles. The first-order valence-electron chi connectivity index (χ1n) is 13.5. The molecule has 2 atom stereocenters. The summed E-state index contributed by atoms with van der Waals surface area (Å²) in [4.78, 5) is 4.29. The number of benzene rings is 1. The molecule has 1 aromatic rings. The normalized spacial score (nSPS) is 17.6. The summed E-state index contributed by atoms with van der Waals surface area (Å²) in [5, 5.41) is 3.68. The topological polar surface area (TPSA) is 33.6 Å². The second-order valence-corrected chi connectivity index (χ2v) is 10.6. The van der Waals surface area contributed by atoms with Gasteiger partial charge in [-0.05, 0) is 105 Å². The predicted octanol–water partition coefficient (Wildman–Crippen LogP) is 7.77. The third-order valence-electron chi connectivity index (χ3n) is 7.63. The zero-order valence-electron chi connectivity index (χ0n) is 23.0. The van der Waals surface area contributed by atoms with Gasteiger partial charge in [0, 0.05) is 37.2 Å². The maximum atomic E-state index is 6.35. The zero-order chi connectivity index (χ0) is 25.4. The van der Waals surface area contributed by atoms with Gasteiger partial charge in [-0.3, -0.25) is 4.99 Å². The van der Waals surface area contributed by atoms with Crippen molar-refractivity contribution in [3.63, 3.8) is 0 Å². The van der Waals surface area contributed by atoms with Crippen molar-refractivity contribution in [3.8, 4) is 0 Å². The lowest BCUT2D eigenvalue weighted by molar-refractivity contribution is 0.176. The van der Waals surface area contributed by atoms with E-state index in [1.165, 1.54) is 51.8 Å². The molecule has 35 heavy (non-hydrogen) atoms. The second-order valence-electron chi connectivity index (χ2n) is 10.6. The average molecular weight is 475 g/mol. The molecule has 0 radical (unpaired) electrons. The molecule has 0 saturated carbocycles. The number of hydrogen-bond donors (Lipinski definition) is 1. The summed E-state index contributed by atoms with van der Waals surface area (Å²) in [6.07, 6.45) is 11.0. The summed E-state index contributed by atoms with van der Waals surface area (Å²) in [6, 6.07) is 6.95. The van der Waals surface area contributed by atoms with Gasteiger partial charge in [0.2, 0.25) is 0 Å². The van der Waals surface area contributed by atoms with Crippen LogP contribution in [0.4, 0.5) is 0 Å². The van der Waals surface area contributed by atoms with Crippen molar-refractivity contribution < 1.29 is 4.74 Å². The second kappa shape index (κ2) is 13.1. The van der Waals surface area contributed by atoms with Crippen LogP contribution in [0.1, 0.15) is 81.9 Å². The van der Waals surface area contributed by atoms with Crippen molar-refractivity contribution in [2.45, 2.75) is 79.1 Å². The lowest BCUT2D eigenvalue weighted by Crippen LogP contribution is -2.26. The monoisotopic (exact) mass is 474 g/mol. The maximum Gasteiger partial charge on any atom is 0.122 e. The van der Waals surface area contributed by atoms with Gasteiger partial charge >= 0.3 is 0 Å². The molecule has 2 unspecified atom stereocenters. The number of aryl methyl sites for hydroxylation is 2. The fourth-order valence-electron chi connectivity index (χ4n) is 5.01. The highest BCUT2D eigenvalue weighted by molar-refractivity contribution is 5.85. The van der Waals surface area contributed by atoms with Crippen molar-refractivity contribution >= 4 is 5.71 Å². The van der Waals surface area contributed by atoms with Gasteiger partial charge < -0.3 is 10.1 Å². The Labute approximate surface area is 214 Å². The first-order valence-corrected chi connectivity index (χ1v) is 13.5. The number of allylic oxidation sites excluding steroid dienone is 5. The van der Waals surface area contributed by atoms with Gasteiger partial charge in [0.05, 0.1) is 6.61 Å². The molecule has 0 aliphatic heterocycles. The first-order chi connectivity index (χ1) is 16.8. The summed E-state index contributed by atoms with van der Waals surface area (Å²) in [7, 11) is 1.85. The number of rotatable bonds is 13. The van der Waals surface area contributed by atoms with E-state index in [4.69, 9.17) is 4.74 Å². The first kappa shape index (κ1) is 27.2. The molecular weight excluding hydrogens is 428 g/mol. The zero-order valence-corrected chi connectivity index (χ0v) is 23.0. The van der Waals surface area contributed by atoms with E-state index in [1.54, 1.807) is 0 Å². The van der Waals surface area contributed by atoms with Crippen molar-refractivity contribution in [2.24, 2.45) is 10.9 Å². The third kappa shape index (κ3) is 7.54. The molecule has 3 nitrogen and oxygen atoms in total. The Morgan fingerprint density at radius 3 is 2.74 bits per heavy atom. The summed E-state index contributed by atoms with van der Waals surface area (Å²) in [5.41, 5.74) is 10.7. The number of ether oxygens (including phenoxy) is 1. The van der Waals surface area contributed by atoms with Gasteiger partial charge in [0.15, 0.2) is 0 Å². The Morgan fingerprint density at radius 1 is 1.23 bits per heavy atom. The molecule has 0 fully saturated rings. The molecular formula is C32H46N2O. The van der Waals surface area contributed by atoms with E-state index in [-0.39, 0.29) is 0 Å². The van der Waals surface area contributed by atoms with Crippen LogP contribution in [-0.2, 0) is 4.74 Å². The third-order valence-corrected chi connectivity index (χ3v) is 7.63. The number of aliphatic imine (C=N–C) groups is 1. The van der Waals surface area contributed by atoms with E-state index in [9.17, 15) is 0 Å². The van der Waals surface area contributed by atoms with Crippen LogP contribution in [0.2, 0.25) is 0 Å². The van der Waals surface area contributed by atoms with E-state index in [2.05, 4.69) is 81.9 Å². The molecule has 1 N–H and O–H groups in total. The highest BCUT2D eigenvalue weighted by Gasteiger charge is 2.24. The van der Waals surface area contributed by atoms with Crippen LogP contribution in [0, 0.1) is 19.8 Å². The molecule has 0 bridgehead atoms. The quantitative estimate of drug-likeness (QED) is 0.234. The van der Waals surface area contributed by atoms with Crippen molar-refractivity contribution in [1.29, 1.82) is 0 Å². The van der Waals surface area contributed by atoms with Gasteiger partial charge in [-0.15, -0.1) is 0 Å². The molecule has 0 heterocycles. The summed E-state index contributed by atoms with van der Waals surface area (Å²) in [5.74, 6) is 2.16. The molecule has 0 aromatic heterocycles. The Hall–Kier alpha value is -2.39. The highest BCUT2D eigenvalue weighted by atomic mass is 16.5. The minimum absolute atomic E-state index is 0.465. The molecule has 1 aromatic carbocycles. The SMILES string of the molecule is C=C(CC(C)=NC)C1=CC2=C(CCC=C2OCC(C)CNCCC(CC)c2ccc(C)c(C)c2)C1. The highest BCUT2D eigenvalue weighted by Crippen LogP contribution is 2.39. The van der Waals surface area contributed by atoms with Gasteiger partial charge in [-0.25, -0.2) is 0 Å². The summed E-state index contributed by atoms with van der Waals surface area (Å²) in [6.45, 7) is 18.1. The molecule has 0 spiro atoms. The van der Waals surface area contributed by atoms with E-state index in [0.717, 1.165) is 56.9 Å². The standard InChI is InChI=1S/C32H46N2O/c1-8-27(28-13-12-23(3)24(4)17-28)14-15-34-20-22(2)21-35-32-11-9-10-29-18-30(19-31(29)32)25(5)16-26(6)33-7/h11-13,17,19,22,27,34H,5,8-10,14-16,18,20-21H2,1-4,6-7H3. The Balaban J connectivity index is 1.43. The maximum absolute atomic E-state index is 6.35. The van der Waals surface area contributed by atoms with E-state index >= 15 is 0 Å². The number of nitrogens with one attached hydrogen (secondary N) is 1. The van der Waals surface area contributed by atoms with Gasteiger partial charge in [0.25, 0.3) is 0 Å². The lowest BCUT2D eigenvalue weighted by atomic mass is 9.91. The largest absolute Gasteiger partial charge is 0.493 e. The van der Waals surface area contributed by atoms with Crippen LogP contribution >= 0.6 is 0 Å². The van der Waals surface area contributed by atoms with Gasteiger partial charge in [0.1, 0.15) is 5.76 Å². The van der Waals surface area contributed by atoms with E-state index in [1.807, 2.05) is 7.05 Å². The fraction of sp³-hybridized carbons (Fsp3) is 0.531. The molecule has 3 heteroatoms. The minimum Gasteiger partial charge on any atom is -0.493 e. The molecule has 190 valence electrons. The molecule has 3 rings (SSSR count). The molecule has 2 aliphatic rings. The van der Waals surface area contributed by atoms with Crippen molar-refractivity contribution in [1.82, 2.24) is 5.32 Å². The van der Waals surface area contributed by atoms with Crippen LogP contribution < -0.4 is 5.32 Å². The number of hydrogen-bond acceptors (Lipinski definition) is 3. The van der Waals surface area contributed by atoms with Crippen LogP contribution in [0.3, 0.4) is 0 Å². The van der Waals surface area contributed by atoms with Crippen LogP contribution in [-0.4, -0.2) is 32.5 Å². The smallest absolute Gasteiger partial charge is 0.122 e. The predicted molar refractivity (Wildman–Crippen MR) is 151 cm³/mol. The van der Waals surface area contributed by atoms with Crippen molar-refractivity contribution in [3.05, 3.63) is 81.7 Å². The van der Waals surface area contributed by atoms with Crippen LogP contribution in [0.5, 0.6) is 0 Å². The average Bonchev–Trinajstić information content (AvgIpc) is 3.30. The Morgan fingerprint density at radius 2 is 2.03 bits per heavy atom. The fourth-order valence-corrected chi connectivity index (χ4v) is 5.01. The Kier molecular flexibility index (Phi) is 10.2. The van der Waals surface area contributed by atoms with Gasteiger partial charge in [-0.1, -0.05) is 44.2 Å². The summed E-state index contributed by atoms with van der Waals surface area (Å²) >= 11 is 0. The van der Waals surface area contributed by atoms with E-state index < -0.39 is 0 Å². The molecule has 0 saturated heterocycles. The van der Waals surface area contributed by atoms with E-state index in [0.29, 0.717) is 11.8 Å². The van der Waals surface area contributed by atoms with Crippen molar-refractivity contribution in [2.75, 3.05) is 26.7 Å². The Bertz CT molecular complexity index is 1020. The van der Waals surface area contributed by atoms with Crippen LogP contribution in [0.15, 0.2) is 70.0 Å². The lowest BCUT2D eigenvalue weighted by Gasteiger charge is -2.21. The summed E-state index contributed by atoms with van der Waals surface area (Å²) < 4.78 is 6.35. The number of nitrogens with zero attached hydrogens (tertiary/aromatic N) is 1. The molecule has 0 amide bonds.